The van der Waals surface area contributed by atoms with E-state index in [4.69, 9.17) is 4.74 Å². The Labute approximate surface area is 327 Å². The van der Waals surface area contributed by atoms with Gasteiger partial charge in [-0.05, 0) is 78.3 Å². The molecule has 4 aromatic rings. The molecule has 6 heteroatoms. The van der Waals surface area contributed by atoms with Crippen molar-refractivity contribution >= 4 is 35.3 Å². The van der Waals surface area contributed by atoms with Crippen molar-refractivity contribution in [3.63, 3.8) is 0 Å². The number of ether oxygens (including phenoxy) is 1. The molecule has 0 saturated carbocycles. The van der Waals surface area contributed by atoms with Crippen LogP contribution in [0.4, 0.5) is 0 Å². The molecule has 0 fully saturated rings. The quantitative estimate of drug-likeness (QED) is 0.0604. The molecule has 0 aliphatic carbocycles. The summed E-state index contributed by atoms with van der Waals surface area (Å²) in [5.41, 5.74) is 4.64. The van der Waals surface area contributed by atoms with Gasteiger partial charge in [0.2, 0.25) is 0 Å². The Kier molecular flexibility index (Phi) is 12.2. The summed E-state index contributed by atoms with van der Waals surface area (Å²) in [5.74, 6) is -0.0429. The molecule has 0 saturated heterocycles. The third-order valence-electron chi connectivity index (χ3n) is 9.35. The van der Waals surface area contributed by atoms with Crippen LogP contribution in [0, 0.1) is 0 Å². The summed E-state index contributed by atoms with van der Waals surface area (Å²) in [6.45, 7) is 32.1. The lowest BCUT2D eigenvalue weighted by Crippen LogP contribution is -2.24. The van der Waals surface area contributed by atoms with Crippen LogP contribution in [0.5, 0.6) is 11.5 Å². The lowest BCUT2D eigenvalue weighted by molar-refractivity contribution is -0.135. The molecular weight excluding hydrogens is 693 g/mol. The van der Waals surface area contributed by atoms with Crippen molar-refractivity contribution in [3.05, 3.63) is 118 Å². The number of carbonyl (C=O) groups excluding carboxylic acids is 2. The van der Waals surface area contributed by atoms with Crippen LogP contribution in [0.2, 0.25) is 0 Å². The second-order valence-electron chi connectivity index (χ2n) is 18.8. The highest BCUT2D eigenvalue weighted by molar-refractivity contribution is 8.18. The van der Waals surface area contributed by atoms with Gasteiger partial charge in [0.15, 0.2) is 5.78 Å². The number of hydrogen-bond acceptors (Lipinski definition) is 6. The zero-order valence-corrected chi connectivity index (χ0v) is 36.2. The number of ketones is 1. The molecule has 0 heterocycles. The summed E-state index contributed by atoms with van der Waals surface area (Å²) in [5, 5.41) is 11.3. The molecule has 4 nitrogen and oxygen atoms in total. The topological polar surface area (TPSA) is 63.6 Å². The standard InChI is InChI=1S/C47H60O4S2/c1-29(31-22-19-23-32(24-31)39(48)30-20-17-16-18-21-30)42(50)51-41-37(45(8,9)10)27-34(28-38(41)46(11,12)13)53-47(14,15)52-33-25-35(43(2,3)4)40(49)36(26-33)44(5,6)7/h16-29,49H,1-15H3/t29-/m1/s1. The van der Waals surface area contributed by atoms with Crippen molar-refractivity contribution in [2.45, 2.75) is 145 Å². The van der Waals surface area contributed by atoms with Crippen molar-refractivity contribution in [2.24, 2.45) is 0 Å². The van der Waals surface area contributed by atoms with Gasteiger partial charge in [0.25, 0.3) is 0 Å². The molecule has 0 aliphatic heterocycles. The van der Waals surface area contributed by atoms with Crippen LogP contribution in [0.15, 0.2) is 88.7 Å². The van der Waals surface area contributed by atoms with E-state index >= 15 is 0 Å². The van der Waals surface area contributed by atoms with Gasteiger partial charge in [0.1, 0.15) is 11.5 Å². The van der Waals surface area contributed by atoms with Crippen molar-refractivity contribution in [1.82, 2.24) is 0 Å². The first kappa shape index (κ1) is 42.3. The molecule has 0 radical (unpaired) electrons. The first-order valence-corrected chi connectivity index (χ1v) is 20.2. The molecule has 4 aromatic carbocycles. The Morgan fingerprint density at radius 1 is 0.566 bits per heavy atom. The fourth-order valence-electron chi connectivity index (χ4n) is 6.31. The number of esters is 1. The van der Waals surface area contributed by atoms with Crippen LogP contribution in [-0.2, 0) is 26.5 Å². The highest BCUT2D eigenvalue weighted by Crippen LogP contribution is 2.51. The predicted molar refractivity (Wildman–Crippen MR) is 226 cm³/mol. The van der Waals surface area contributed by atoms with Gasteiger partial charge in [-0.2, -0.15) is 0 Å². The minimum absolute atomic E-state index is 0.0815. The van der Waals surface area contributed by atoms with Gasteiger partial charge in [0, 0.05) is 43.2 Å². The fourth-order valence-corrected chi connectivity index (χ4v) is 8.90. The number of benzene rings is 4. The minimum Gasteiger partial charge on any atom is -0.507 e. The lowest BCUT2D eigenvalue weighted by atomic mass is 9.79. The van der Waals surface area contributed by atoms with Crippen LogP contribution < -0.4 is 4.74 Å². The Balaban J connectivity index is 1.71. The van der Waals surface area contributed by atoms with E-state index in [9.17, 15) is 14.7 Å². The van der Waals surface area contributed by atoms with E-state index in [2.05, 4.69) is 121 Å². The molecule has 0 spiro atoms. The number of carbonyl (C=O) groups is 2. The van der Waals surface area contributed by atoms with E-state index in [1.165, 1.54) is 0 Å². The maximum Gasteiger partial charge on any atom is 0.318 e. The van der Waals surface area contributed by atoms with Crippen molar-refractivity contribution < 1.29 is 19.4 Å². The van der Waals surface area contributed by atoms with Crippen LogP contribution in [0.1, 0.15) is 154 Å². The van der Waals surface area contributed by atoms with Crippen molar-refractivity contribution in [2.75, 3.05) is 0 Å². The molecule has 0 bridgehead atoms. The van der Waals surface area contributed by atoms with E-state index in [1.54, 1.807) is 47.8 Å². The third kappa shape index (κ3) is 10.4. The van der Waals surface area contributed by atoms with Crippen molar-refractivity contribution in [3.8, 4) is 11.5 Å². The number of aromatic hydroxyl groups is 1. The van der Waals surface area contributed by atoms with Gasteiger partial charge in [-0.15, -0.1) is 23.5 Å². The Hall–Kier alpha value is -3.48. The average molecular weight is 753 g/mol. The smallest absolute Gasteiger partial charge is 0.318 e. The monoisotopic (exact) mass is 752 g/mol. The lowest BCUT2D eigenvalue weighted by Gasteiger charge is -2.32. The van der Waals surface area contributed by atoms with E-state index in [1.807, 2.05) is 37.3 Å². The predicted octanol–water partition coefficient (Wildman–Crippen LogP) is 13.1. The Morgan fingerprint density at radius 3 is 1.42 bits per heavy atom. The van der Waals surface area contributed by atoms with Gasteiger partial charge in [-0.3, -0.25) is 9.59 Å². The van der Waals surface area contributed by atoms with E-state index in [-0.39, 0.29) is 37.5 Å². The summed E-state index contributed by atoms with van der Waals surface area (Å²) in [6.07, 6.45) is 0. The third-order valence-corrected chi connectivity index (χ3v) is 11.8. The first-order chi connectivity index (χ1) is 24.2. The number of phenolic OH excluding ortho intramolecular Hbond substituents is 1. The van der Waals surface area contributed by atoms with Crippen LogP contribution >= 0.6 is 23.5 Å². The van der Waals surface area contributed by atoms with Gasteiger partial charge >= 0.3 is 5.97 Å². The SMILES string of the molecule is C[C@@H](C(=O)Oc1c(C(C)(C)C)cc(SC(C)(C)Sc2cc(C(C)(C)C)c(O)c(C(C)(C)C)c2)cc1C(C)(C)C)c1cccc(C(=O)c2ccccc2)c1. The highest BCUT2D eigenvalue weighted by atomic mass is 32.2. The molecule has 0 aliphatic rings. The van der Waals surface area contributed by atoms with Crippen LogP contribution in [0.3, 0.4) is 0 Å². The normalized spacial score (nSPS) is 13.5. The van der Waals surface area contributed by atoms with Crippen LogP contribution in [0.25, 0.3) is 0 Å². The second kappa shape index (κ2) is 15.3. The second-order valence-corrected chi connectivity index (χ2v) is 22.4. The number of hydrogen-bond donors (Lipinski definition) is 1. The van der Waals surface area contributed by atoms with E-state index < -0.39 is 5.92 Å². The van der Waals surface area contributed by atoms with E-state index in [0.717, 1.165) is 37.6 Å². The van der Waals surface area contributed by atoms with Gasteiger partial charge in [0.05, 0.1) is 10.00 Å². The summed E-state index contributed by atoms with van der Waals surface area (Å²) < 4.78 is 6.17. The largest absolute Gasteiger partial charge is 0.507 e. The molecule has 1 atom stereocenters. The molecule has 53 heavy (non-hydrogen) atoms. The molecule has 1 N–H and O–H groups in total. The minimum atomic E-state index is -0.593. The molecule has 284 valence electrons. The summed E-state index contributed by atoms with van der Waals surface area (Å²) in [6, 6.07) is 25.2. The van der Waals surface area contributed by atoms with Gasteiger partial charge in [-0.25, -0.2) is 0 Å². The zero-order valence-electron chi connectivity index (χ0n) is 34.6. The number of phenols is 1. The fraction of sp³-hybridized carbons (Fsp3) is 0.447. The van der Waals surface area contributed by atoms with E-state index in [0.29, 0.717) is 22.6 Å². The average Bonchev–Trinajstić information content (AvgIpc) is 3.03. The van der Waals surface area contributed by atoms with Gasteiger partial charge < -0.3 is 9.84 Å². The maximum atomic E-state index is 14.0. The maximum absolute atomic E-state index is 14.0. The first-order valence-electron chi connectivity index (χ1n) is 18.6. The zero-order chi connectivity index (χ0) is 39.9. The van der Waals surface area contributed by atoms with Crippen molar-refractivity contribution in [1.29, 1.82) is 0 Å². The van der Waals surface area contributed by atoms with Crippen LogP contribution in [-0.4, -0.2) is 20.9 Å². The molecule has 0 unspecified atom stereocenters. The molecule has 0 aromatic heterocycles. The Bertz CT molecular complexity index is 1890. The van der Waals surface area contributed by atoms with Gasteiger partial charge in [-0.1, -0.05) is 132 Å². The number of thioether (sulfide) groups is 2. The molecule has 0 amide bonds. The number of rotatable bonds is 9. The summed E-state index contributed by atoms with van der Waals surface area (Å²) in [4.78, 5) is 29.5. The molecule has 4 rings (SSSR count). The Morgan fingerprint density at radius 2 is 0.981 bits per heavy atom. The highest BCUT2D eigenvalue weighted by Gasteiger charge is 2.33. The summed E-state index contributed by atoms with van der Waals surface area (Å²) in [7, 11) is 0. The molecular formula is C47H60O4S2. The summed E-state index contributed by atoms with van der Waals surface area (Å²) >= 11 is 3.59.